The molecule has 0 atom stereocenters. The van der Waals surface area contributed by atoms with E-state index in [1.807, 2.05) is 19.9 Å². The minimum absolute atomic E-state index is 0.0816. The number of hydrogen-bond acceptors (Lipinski definition) is 7. The maximum absolute atomic E-state index is 13.8. The number of aromatic hydroxyl groups is 1. The highest BCUT2D eigenvalue weighted by Crippen LogP contribution is 2.35. The van der Waals surface area contributed by atoms with E-state index < -0.39 is 9.84 Å². The van der Waals surface area contributed by atoms with Crippen molar-refractivity contribution >= 4 is 44.1 Å². The summed E-state index contributed by atoms with van der Waals surface area (Å²) in [4.78, 5) is 9.20. The average Bonchev–Trinajstić information content (AvgIpc) is 3.08. The molecule has 9 heteroatoms. The molecule has 0 aliphatic carbocycles. The molecule has 0 amide bonds. The van der Waals surface area contributed by atoms with Gasteiger partial charge in [0, 0.05) is 0 Å². The minimum Gasteiger partial charge on any atom is -0.508 e. The van der Waals surface area contributed by atoms with Crippen LogP contribution < -0.4 is 5.73 Å². The maximum Gasteiger partial charge on any atom is 0.212 e. The van der Waals surface area contributed by atoms with Gasteiger partial charge >= 0.3 is 0 Å². The number of sulfone groups is 1. The van der Waals surface area contributed by atoms with Crippen LogP contribution in [0.25, 0.3) is 22.2 Å². The van der Waals surface area contributed by atoms with E-state index >= 15 is 0 Å². The van der Waals surface area contributed by atoms with Gasteiger partial charge in [-0.15, -0.1) is 0 Å². The van der Waals surface area contributed by atoms with Crippen molar-refractivity contribution in [3.05, 3.63) is 83.4 Å². The van der Waals surface area contributed by atoms with Crippen molar-refractivity contribution in [3.8, 4) is 5.75 Å². The molecule has 3 N–H and O–H groups in total. The summed E-state index contributed by atoms with van der Waals surface area (Å²) in [5.41, 5.74) is 10.3. The van der Waals surface area contributed by atoms with Crippen LogP contribution in [0, 0.1) is 13.8 Å². The topological polar surface area (TPSA) is 123 Å². The Hall–Kier alpha value is -4.24. The van der Waals surface area contributed by atoms with Crippen molar-refractivity contribution < 1.29 is 13.5 Å². The lowest BCUT2D eigenvalue weighted by Gasteiger charge is -2.07. The number of para-hydroxylation sites is 2. The normalized spacial score (nSPS) is 12.2. The number of anilines is 1. The van der Waals surface area contributed by atoms with Gasteiger partial charge in [0.05, 0.1) is 22.1 Å². The number of benzene rings is 3. The van der Waals surface area contributed by atoms with Crippen LogP contribution in [0.1, 0.15) is 16.7 Å². The average molecular weight is 472 g/mol. The van der Waals surface area contributed by atoms with Gasteiger partial charge in [0.15, 0.2) is 5.65 Å². The number of phenols is 1. The molecule has 0 aliphatic heterocycles. The minimum atomic E-state index is -4.04. The van der Waals surface area contributed by atoms with Crippen LogP contribution in [0.15, 0.2) is 81.6 Å². The molecular formula is C25H21N5O3S. The van der Waals surface area contributed by atoms with E-state index in [0.29, 0.717) is 16.6 Å². The molecule has 0 fully saturated rings. The summed E-state index contributed by atoms with van der Waals surface area (Å²) >= 11 is 0. The summed E-state index contributed by atoms with van der Waals surface area (Å²) in [5.74, 6) is -0.0157. The molecule has 2 heterocycles. The highest BCUT2D eigenvalue weighted by Gasteiger charge is 2.30. The second-order valence-electron chi connectivity index (χ2n) is 8.00. The van der Waals surface area contributed by atoms with Crippen LogP contribution in [-0.4, -0.2) is 34.4 Å². The fourth-order valence-electron chi connectivity index (χ4n) is 3.73. The first-order chi connectivity index (χ1) is 16.3. The number of hydrogen-bond donors (Lipinski definition) is 2. The van der Waals surface area contributed by atoms with Crippen LogP contribution in [0.2, 0.25) is 0 Å². The van der Waals surface area contributed by atoms with Gasteiger partial charge in [-0.2, -0.15) is 9.78 Å². The number of nitrogen functional groups attached to an aromatic ring is 1. The zero-order valence-electron chi connectivity index (χ0n) is 18.5. The Balaban J connectivity index is 1.80. The van der Waals surface area contributed by atoms with E-state index in [4.69, 9.17) is 5.73 Å². The number of rotatable bonds is 4. The van der Waals surface area contributed by atoms with Crippen molar-refractivity contribution in [3.63, 3.8) is 0 Å². The Morgan fingerprint density at radius 2 is 1.68 bits per heavy atom. The van der Waals surface area contributed by atoms with Crippen LogP contribution in [0.5, 0.6) is 5.75 Å². The molecule has 8 nitrogen and oxygen atoms in total. The lowest BCUT2D eigenvalue weighted by Crippen LogP contribution is -2.07. The third-order valence-electron chi connectivity index (χ3n) is 5.68. The number of nitrogens with two attached hydrogens (primary N) is 1. The molecule has 0 saturated carbocycles. The first-order valence-electron chi connectivity index (χ1n) is 10.5. The van der Waals surface area contributed by atoms with E-state index in [2.05, 4.69) is 15.1 Å². The van der Waals surface area contributed by atoms with Crippen molar-refractivity contribution in [1.29, 1.82) is 0 Å². The standard InChI is InChI=1S/C25H21N5O3S/c1-15-10-11-19(12-16(15)2)34(32,33)23-22-25(29-21-9-4-3-8-20(21)28-22)30(24(23)26)27-14-17-6-5-7-18(31)13-17/h3-14,31H,26H2,1-2H3/b27-14+. The van der Waals surface area contributed by atoms with Gasteiger partial charge in [-0.25, -0.2) is 18.4 Å². The van der Waals surface area contributed by atoms with Crippen LogP contribution in [0.4, 0.5) is 5.82 Å². The second kappa shape index (κ2) is 7.96. The summed E-state index contributed by atoms with van der Waals surface area (Å²) in [6.07, 6.45) is 1.47. The third-order valence-corrected chi connectivity index (χ3v) is 7.49. The largest absolute Gasteiger partial charge is 0.508 e. The van der Waals surface area contributed by atoms with Gasteiger partial charge in [-0.05, 0) is 66.9 Å². The van der Waals surface area contributed by atoms with E-state index in [1.54, 1.807) is 54.6 Å². The molecule has 5 rings (SSSR count). The van der Waals surface area contributed by atoms with E-state index in [9.17, 15) is 13.5 Å². The number of fused-ring (bicyclic) bond motifs is 2. The second-order valence-corrected chi connectivity index (χ2v) is 9.89. The molecule has 5 aromatic rings. The highest BCUT2D eigenvalue weighted by molar-refractivity contribution is 7.92. The van der Waals surface area contributed by atoms with Gasteiger partial charge in [0.1, 0.15) is 22.0 Å². The quantitative estimate of drug-likeness (QED) is 0.379. The number of phenolic OH excluding ortho intramolecular Hbond substituents is 1. The summed E-state index contributed by atoms with van der Waals surface area (Å²) in [7, 11) is -4.04. The molecule has 0 aliphatic rings. The third kappa shape index (κ3) is 3.56. The Morgan fingerprint density at radius 1 is 0.941 bits per heavy atom. The van der Waals surface area contributed by atoms with Gasteiger partial charge in [0.2, 0.25) is 9.84 Å². The fraction of sp³-hybridized carbons (Fsp3) is 0.0800. The fourth-order valence-corrected chi connectivity index (χ4v) is 5.30. The van der Waals surface area contributed by atoms with E-state index in [0.717, 1.165) is 11.1 Å². The first-order valence-corrected chi connectivity index (χ1v) is 12.0. The summed E-state index contributed by atoms with van der Waals surface area (Å²) in [5, 5.41) is 14.1. The van der Waals surface area contributed by atoms with E-state index in [1.165, 1.54) is 17.0 Å². The SMILES string of the molecule is Cc1ccc(S(=O)(=O)c2c(N)n(/N=C/c3cccc(O)c3)c3nc4ccccc4nc23)cc1C. The number of aryl methyl sites for hydroxylation is 2. The molecule has 0 bridgehead atoms. The molecular weight excluding hydrogens is 450 g/mol. The van der Waals surface area contributed by atoms with Gasteiger partial charge < -0.3 is 10.8 Å². The Kier molecular flexibility index (Phi) is 5.06. The molecule has 2 aromatic heterocycles. The summed E-state index contributed by atoms with van der Waals surface area (Å²) < 4.78 is 28.8. The molecule has 0 radical (unpaired) electrons. The number of aromatic nitrogens is 3. The van der Waals surface area contributed by atoms with Crippen molar-refractivity contribution in [2.45, 2.75) is 23.6 Å². The van der Waals surface area contributed by atoms with Crippen molar-refractivity contribution in [2.24, 2.45) is 5.10 Å². The van der Waals surface area contributed by atoms with Gasteiger partial charge in [0.25, 0.3) is 0 Å². The summed E-state index contributed by atoms with van der Waals surface area (Å²) in [6, 6.07) is 18.6. The molecule has 170 valence electrons. The Labute approximate surface area is 195 Å². The van der Waals surface area contributed by atoms with Crippen LogP contribution in [0.3, 0.4) is 0 Å². The molecule has 0 spiro atoms. The monoisotopic (exact) mass is 471 g/mol. The highest BCUT2D eigenvalue weighted by atomic mass is 32.2. The van der Waals surface area contributed by atoms with Gasteiger partial charge in [-0.1, -0.05) is 30.3 Å². The lowest BCUT2D eigenvalue weighted by atomic mass is 10.1. The Morgan fingerprint density at radius 3 is 2.38 bits per heavy atom. The number of nitrogens with zero attached hydrogens (tertiary/aromatic N) is 4. The molecule has 3 aromatic carbocycles. The maximum atomic E-state index is 13.8. The Bertz CT molecular complexity index is 1720. The van der Waals surface area contributed by atoms with Crippen LogP contribution in [-0.2, 0) is 9.84 Å². The van der Waals surface area contributed by atoms with Crippen LogP contribution >= 0.6 is 0 Å². The first kappa shape index (κ1) is 21.6. The molecule has 0 saturated heterocycles. The van der Waals surface area contributed by atoms with E-state index in [-0.39, 0.29) is 32.5 Å². The molecule has 0 unspecified atom stereocenters. The zero-order valence-corrected chi connectivity index (χ0v) is 19.3. The predicted octanol–water partition coefficient (Wildman–Crippen LogP) is 4.20. The zero-order chi connectivity index (χ0) is 24.0. The van der Waals surface area contributed by atoms with Crippen molar-refractivity contribution in [2.75, 3.05) is 5.73 Å². The van der Waals surface area contributed by atoms with Crippen molar-refractivity contribution in [1.82, 2.24) is 14.6 Å². The smallest absolute Gasteiger partial charge is 0.212 e. The van der Waals surface area contributed by atoms with Gasteiger partial charge in [-0.3, -0.25) is 0 Å². The lowest BCUT2D eigenvalue weighted by molar-refractivity contribution is 0.475. The summed E-state index contributed by atoms with van der Waals surface area (Å²) in [6.45, 7) is 3.77. The molecule has 34 heavy (non-hydrogen) atoms. The predicted molar refractivity (Wildman–Crippen MR) is 132 cm³/mol.